The van der Waals surface area contributed by atoms with Crippen LogP contribution in [0.2, 0.25) is 0 Å². The van der Waals surface area contributed by atoms with E-state index in [2.05, 4.69) is 16.0 Å². The van der Waals surface area contributed by atoms with E-state index >= 15 is 0 Å². The summed E-state index contributed by atoms with van der Waals surface area (Å²) in [6, 6.07) is 4.28. The maximum Gasteiger partial charge on any atom is 0.243 e. The largest absolute Gasteiger partial charge is 0.347 e. The lowest BCUT2D eigenvalue weighted by atomic mass is 10.1. The van der Waals surface area contributed by atoms with Crippen molar-refractivity contribution in [2.24, 2.45) is 0 Å². The van der Waals surface area contributed by atoms with Crippen LogP contribution in [0.4, 0.5) is 5.69 Å². The van der Waals surface area contributed by atoms with Gasteiger partial charge in [-0.2, -0.15) is 11.8 Å². The first kappa shape index (κ1) is 17.8. The number of hydrogen-bond donors (Lipinski definition) is 3. The van der Waals surface area contributed by atoms with E-state index in [4.69, 9.17) is 0 Å². The number of amides is 2. The van der Waals surface area contributed by atoms with E-state index in [0.29, 0.717) is 6.42 Å². The molecule has 1 saturated heterocycles. The zero-order valence-corrected chi connectivity index (χ0v) is 14.8. The molecule has 1 fully saturated rings. The molecule has 2 rings (SSSR count). The first-order chi connectivity index (χ1) is 11.0. The lowest BCUT2D eigenvalue weighted by Crippen LogP contribution is -2.42. The van der Waals surface area contributed by atoms with E-state index < -0.39 is 0 Å². The van der Waals surface area contributed by atoms with E-state index in [1.807, 2.05) is 44.7 Å². The molecular weight excluding hydrogens is 310 g/mol. The second kappa shape index (κ2) is 8.36. The van der Waals surface area contributed by atoms with E-state index in [1.54, 1.807) is 0 Å². The van der Waals surface area contributed by atoms with Gasteiger partial charge in [0.2, 0.25) is 11.8 Å². The zero-order valence-electron chi connectivity index (χ0n) is 14.0. The van der Waals surface area contributed by atoms with Crippen molar-refractivity contribution in [3.63, 3.8) is 0 Å². The second-order valence-corrected chi connectivity index (χ2v) is 7.18. The highest BCUT2D eigenvalue weighted by molar-refractivity contribution is 7.99. The first-order valence-electron chi connectivity index (χ1n) is 7.91. The third-order valence-corrected chi connectivity index (χ3v) is 4.95. The predicted octanol–water partition coefficient (Wildman–Crippen LogP) is 1.76. The minimum Gasteiger partial charge on any atom is -0.347 e. The monoisotopic (exact) mass is 335 g/mol. The Morgan fingerprint density at radius 3 is 2.52 bits per heavy atom. The molecule has 1 aliphatic heterocycles. The molecule has 0 spiro atoms. The molecule has 1 atom stereocenters. The van der Waals surface area contributed by atoms with Gasteiger partial charge >= 0.3 is 0 Å². The lowest BCUT2D eigenvalue weighted by molar-refractivity contribution is -0.124. The van der Waals surface area contributed by atoms with Crippen molar-refractivity contribution in [3.05, 3.63) is 28.8 Å². The Morgan fingerprint density at radius 1 is 1.22 bits per heavy atom. The molecular formula is C17H25N3O2S. The summed E-state index contributed by atoms with van der Waals surface area (Å²) in [5, 5.41) is 8.91. The van der Waals surface area contributed by atoms with Crippen LogP contribution in [-0.4, -0.2) is 42.5 Å². The van der Waals surface area contributed by atoms with Gasteiger partial charge in [-0.25, -0.2) is 0 Å². The molecule has 0 saturated carbocycles. The number of aryl methyl sites for hydroxylation is 3. The Morgan fingerprint density at radius 2 is 1.91 bits per heavy atom. The van der Waals surface area contributed by atoms with Gasteiger partial charge in [0.1, 0.15) is 0 Å². The number of rotatable bonds is 5. The van der Waals surface area contributed by atoms with Crippen molar-refractivity contribution in [1.82, 2.24) is 10.6 Å². The summed E-state index contributed by atoms with van der Waals surface area (Å²) in [4.78, 5) is 24.0. The molecule has 5 nitrogen and oxygen atoms in total. The van der Waals surface area contributed by atoms with E-state index in [9.17, 15) is 9.59 Å². The zero-order chi connectivity index (χ0) is 16.8. The van der Waals surface area contributed by atoms with Crippen LogP contribution in [0.3, 0.4) is 0 Å². The van der Waals surface area contributed by atoms with Crippen molar-refractivity contribution in [2.75, 3.05) is 29.9 Å². The molecule has 1 unspecified atom stereocenters. The second-order valence-electron chi connectivity index (χ2n) is 6.03. The van der Waals surface area contributed by atoms with Crippen molar-refractivity contribution in [1.29, 1.82) is 0 Å². The van der Waals surface area contributed by atoms with Crippen LogP contribution in [0.15, 0.2) is 12.1 Å². The summed E-state index contributed by atoms with van der Waals surface area (Å²) in [5.74, 6) is 1.76. The summed E-state index contributed by atoms with van der Waals surface area (Å²) in [5.41, 5.74) is 4.07. The fourth-order valence-corrected chi connectivity index (χ4v) is 3.74. The van der Waals surface area contributed by atoms with Crippen molar-refractivity contribution in [2.45, 2.75) is 33.2 Å². The van der Waals surface area contributed by atoms with Gasteiger partial charge in [0.25, 0.3) is 0 Å². The number of nitrogens with one attached hydrogen (secondary N) is 3. The molecule has 1 aromatic carbocycles. The molecule has 3 N–H and O–H groups in total. The molecule has 1 aromatic rings. The van der Waals surface area contributed by atoms with Crippen LogP contribution < -0.4 is 16.0 Å². The topological polar surface area (TPSA) is 70.2 Å². The predicted molar refractivity (Wildman–Crippen MR) is 96.0 cm³/mol. The van der Waals surface area contributed by atoms with Gasteiger partial charge < -0.3 is 16.0 Å². The van der Waals surface area contributed by atoms with Crippen LogP contribution in [-0.2, 0) is 9.59 Å². The summed E-state index contributed by atoms with van der Waals surface area (Å²) in [7, 11) is 0. The molecule has 0 aliphatic carbocycles. The Kier molecular flexibility index (Phi) is 6.47. The van der Waals surface area contributed by atoms with Gasteiger partial charge in [0, 0.05) is 36.2 Å². The lowest BCUT2D eigenvalue weighted by Gasteiger charge is -2.22. The van der Waals surface area contributed by atoms with Crippen LogP contribution in [0, 0.1) is 20.8 Å². The van der Waals surface area contributed by atoms with Crippen LogP contribution >= 0.6 is 11.8 Å². The summed E-state index contributed by atoms with van der Waals surface area (Å²) in [6.45, 7) is 6.92. The Balaban J connectivity index is 1.80. The molecule has 126 valence electrons. The SMILES string of the molecule is Cc1cc(C)c(NC(=O)CNC(=O)CC2CSCCN2)c(C)c1. The Labute approximate surface area is 142 Å². The third-order valence-electron chi connectivity index (χ3n) is 3.82. The Bertz CT molecular complexity index is 560. The van der Waals surface area contributed by atoms with Crippen LogP contribution in [0.25, 0.3) is 0 Å². The van der Waals surface area contributed by atoms with Gasteiger partial charge in [0.15, 0.2) is 0 Å². The first-order valence-corrected chi connectivity index (χ1v) is 9.06. The minimum atomic E-state index is -0.195. The number of anilines is 1. The van der Waals surface area contributed by atoms with Gasteiger partial charge in [0.05, 0.1) is 6.54 Å². The molecule has 0 radical (unpaired) electrons. The minimum absolute atomic E-state index is 0.00541. The highest BCUT2D eigenvalue weighted by Gasteiger charge is 2.17. The fourth-order valence-electron chi connectivity index (χ4n) is 2.79. The standard InChI is InChI=1S/C17H25N3O2S/c1-11-6-12(2)17(13(3)7-11)20-16(22)9-19-15(21)8-14-10-23-5-4-18-14/h6-7,14,18H,4-5,8-10H2,1-3H3,(H,19,21)(H,20,22). The number of carbonyl (C=O) groups excluding carboxylic acids is 2. The van der Waals surface area contributed by atoms with Gasteiger partial charge in [-0.05, 0) is 31.9 Å². The highest BCUT2D eigenvalue weighted by Crippen LogP contribution is 2.21. The van der Waals surface area contributed by atoms with Crippen molar-refractivity contribution in [3.8, 4) is 0 Å². The number of hydrogen-bond acceptors (Lipinski definition) is 4. The molecule has 6 heteroatoms. The third kappa shape index (κ3) is 5.55. The van der Waals surface area contributed by atoms with E-state index in [1.165, 1.54) is 5.56 Å². The quantitative estimate of drug-likeness (QED) is 0.767. The normalized spacial score (nSPS) is 17.6. The number of benzene rings is 1. The Hall–Kier alpha value is -1.53. The molecule has 2 amide bonds. The maximum atomic E-state index is 12.1. The summed E-state index contributed by atoms with van der Waals surface area (Å²) >= 11 is 1.85. The van der Waals surface area contributed by atoms with Gasteiger partial charge in [-0.15, -0.1) is 0 Å². The molecule has 1 heterocycles. The van der Waals surface area contributed by atoms with Gasteiger partial charge in [-0.3, -0.25) is 9.59 Å². The average Bonchev–Trinajstić information content (AvgIpc) is 2.50. The van der Waals surface area contributed by atoms with Crippen molar-refractivity contribution >= 4 is 29.3 Å². The number of thioether (sulfide) groups is 1. The molecule has 1 aliphatic rings. The maximum absolute atomic E-state index is 12.1. The van der Waals surface area contributed by atoms with Crippen LogP contribution in [0.1, 0.15) is 23.1 Å². The average molecular weight is 335 g/mol. The molecule has 23 heavy (non-hydrogen) atoms. The van der Waals surface area contributed by atoms with Crippen LogP contribution in [0.5, 0.6) is 0 Å². The fraction of sp³-hybridized carbons (Fsp3) is 0.529. The summed E-state index contributed by atoms with van der Waals surface area (Å²) < 4.78 is 0. The smallest absolute Gasteiger partial charge is 0.243 e. The number of carbonyl (C=O) groups is 2. The van der Waals surface area contributed by atoms with Gasteiger partial charge in [-0.1, -0.05) is 17.7 Å². The molecule has 0 aromatic heterocycles. The van der Waals surface area contributed by atoms with E-state index in [0.717, 1.165) is 34.9 Å². The van der Waals surface area contributed by atoms with E-state index in [-0.39, 0.29) is 24.4 Å². The highest BCUT2D eigenvalue weighted by atomic mass is 32.2. The molecule has 0 bridgehead atoms. The van der Waals surface area contributed by atoms with Crippen molar-refractivity contribution < 1.29 is 9.59 Å². The summed E-state index contributed by atoms with van der Waals surface area (Å²) in [6.07, 6.45) is 0.420.